The molecule has 0 saturated heterocycles. The van der Waals surface area contributed by atoms with Crippen molar-refractivity contribution in [3.63, 3.8) is 0 Å². The molecule has 5 heteroatoms. The zero-order chi connectivity index (χ0) is 17.2. The lowest BCUT2D eigenvalue weighted by Crippen LogP contribution is -2.13. The molecule has 0 unspecified atom stereocenters. The molecule has 0 radical (unpaired) electrons. The number of hydrogen-bond acceptors (Lipinski definition) is 4. The molecule has 2 aromatic carbocycles. The molecule has 0 aliphatic carbocycles. The molecular weight excluding hydrogens is 330 g/mol. The van der Waals surface area contributed by atoms with Crippen LogP contribution in [0, 0.1) is 6.92 Å². The molecule has 0 N–H and O–H groups in total. The maximum atomic E-state index is 5.84. The Hall–Kier alpha value is -2.92. The van der Waals surface area contributed by atoms with Gasteiger partial charge in [-0.15, -0.1) is 21.5 Å². The third-order valence-electron chi connectivity index (χ3n) is 3.96. The Bertz CT molecular complexity index is 1080. The molecule has 2 aromatic heterocycles. The number of para-hydroxylation sites is 2. The number of benzene rings is 2. The van der Waals surface area contributed by atoms with Crippen molar-refractivity contribution in [1.29, 1.82) is 0 Å². The summed E-state index contributed by atoms with van der Waals surface area (Å²) in [6.45, 7) is 3.98. The second kappa shape index (κ2) is 6.53. The van der Waals surface area contributed by atoms with Gasteiger partial charge in [0.05, 0.1) is 0 Å². The third-order valence-corrected chi connectivity index (χ3v) is 4.89. The summed E-state index contributed by atoms with van der Waals surface area (Å²) in [6.07, 6.45) is 0. The fourth-order valence-corrected chi connectivity index (χ4v) is 3.51. The van der Waals surface area contributed by atoms with E-state index in [1.807, 2.05) is 55.5 Å². The van der Waals surface area contributed by atoms with Crippen molar-refractivity contribution in [2.75, 3.05) is 0 Å². The standard InChI is InChI=1S/C20H17N3OS/c1-14-13-25-20(23(14)17-9-4-3-5-10-17)22-21-15(2)19-12-16-8-6-7-11-18(16)24-19/h3-13H,1-2H3/b21-15+,22-20-. The summed E-state index contributed by atoms with van der Waals surface area (Å²) in [5.41, 5.74) is 3.82. The lowest BCUT2D eigenvalue weighted by Gasteiger charge is -2.04. The van der Waals surface area contributed by atoms with Crippen LogP contribution in [-0.4, -0.2) is 10.3 Å². The highest BCUT2D eigenvalue weighted by Gasteiger charge is 2.07. The van der Waals surface area contributed by atoms with Crippen LogP contribution in [0.15, 0.2) is 80.7 Å². The van der Waals surface area contributed by atoms with Gasteiger partial charge in [-0.3, -0.25) is 4.57 Å². The molecule has 124 valence electrons. The summed E-state index contributed by atoms with van der Waals surface area (Å²) in [4.78, 5) is 0.833. The van der Waals surface area contributed by atoms with Crippen LogP contribution in [0.25, 0.3) is 16.7 Å². The molecule has 2 heterocycles. The minimum Gasteiger partial charge on any atom is -0.455 e. The van der Waals surface area contributed by atoms with Crippen molar-refractivity contribution in [3.8, 4) is 5.69 Å². The molecule has 0 aliphatic heterocycles. The normalized spacial score (nSPS) is 12.9. The number of rotatable bonds is 3. The maximum Gasteiger partial charge on any atom is 0.215 e. The predicted molar refractivity (Wildman–Crippen MR) is 102 cm³/mol. The van der Waals surface area contributed by atoms with Crippen molar-refractivity contribution in [2.24, 2.45) is 10.2 Å². The Morgan fingerprint density at radius 1 is 1.04 bits per heavy atom. The third kappa shape index (κ3) is 3.06. The fraction of sp³-hybridized carbons (Fsp3) is 0.100. The lowest BCUT2D eigenvalue weighted by molar-refractivity contribution is 0.604. The second-order valence-electron chi connectivity index (χ2n) is 5.76. The van der Waals surface area contributed by atoms with Crippen LogP contribution in [0.1, 0.15) is 18.4 Å². The summed E-state index contributed by atoms with van der Waals surface area (Å²) in [6, 6.07) is 20.1. The highest BCUT2D eigenvalue weighted by atomic mass is 32.1. The number of hydrogen-bond donors (Lipinski definition) is 0. The molecule has 0 bridgehead atoms. The highest BCUT2D eigenvalue weighted by molar-refractivity contribution is 7.07. The van der Waals surface area contributed by atoms with E-state index in [2.05, 4.69) is 39.2 Å². The van der Waals surface area contributed by atoms with Gasteiger partial charge in [0, 0.05) is 22.1 Å². The SMILES string of the molecule is C/C(=N\N=c1/scc(C)n1-c1ccccc1)c1cc2ccccc2o1. The molecule has 4 aromatic rings. The van der Waals surface area contributed by atoms with E-state index in [0.717, 1.165) is 38.6 Å². The number of nitrogens with zero attached hydrogens (tertiary/aromatic N) is 3. The predicted octanol–water partition coefficient (Wildman–Crippen LogP) is 4.92. The maximum absolute atomic E-state index is 5.84. The van der Waals surface area contributed by atoms with E-state index in [1.54, 1.807) is 11.3 Å². The van der Waals surface area contributed by atoms with Crippen molar-refractivity contribution >= 4 is 28.0 Å². The molecule has 0 fully saturated rings. The Morgan fingerprint density at radius 3 is 2.60 bits per heavy atom. The molecule has 25 heavy (non-hydrogen) atoms. The smallest absolute Gasteiger partial charge is 0.215 e. The van der Waals surface area contributed by atoms with Gasteiger partial charge in [-0.2, -0.15) is 0 Å². The number of furan rings is 1. The van der Waals surface area contributed by atoms with Crippen molar-refractivity contribution < 1.29 is 4.42 Å². The molecule has 0 amide bonds. The summed E-state index contributed by atoms with van der Waals surface area (Å²) < 4.78 is 7.94. The molecule has 0 spiro atoms. The van der Waals surface area contributed by atoms with Gasteiger partial charge < -0.3 is 4.42 Å². The molecule has 0 atom stereocenters. The lowest BCUT2D eigenvalue weighted by atomic mass is 10.2. The van der Waals surface area contributed by atoms with E-state index in [1.165, 1.54) is 0 Å². The second-order valence-corrected chi connectivity index (χ2v) is 6.60. The average Bonchev–Trinajstić information content (AvgIpc) is 3.24. The first-order valence-electron chi connectivity index (χ1n) is 8.02. The summed E-state index contributed by atoms with van der Waals surface area (Å²) >= 11 is 1.57. The zero-order valence-electron chi connectivity index (χ0n) is 14.0. The minimum atomic E-state index is 0.740. The minimum absolute atomic E-state index is 0.740. The van der Waals surface area contributed by atoms with Gasteiger partial charge in [-0.05, 0) is 38.1 Å². The van der Waals surface area contributed by atoms with E-state index in [9.17, 15) is 0 Å². The van der Waals surface area contributed by atoms with Gasteiger partial charge >= 0.3 is 0 Å². The summed E-state index contributed by atoms with van der Waals surface area (Å²) in [5.74, 6) is 0.740. The van der Waals surface area contributed by atoms with Crippen LogP contribution >= 0.6 is 11.3 Å². The zero-order valence-corrected chi connectivity index (χ0v) is 14.8. The van der Waals surface area contributed by atoms with E-state index >= 15 is 0 Å². The van der Waals surface area contributed by atoms with Gasteiger partial charge in [0.2, 0.25) is 4.80 Å². The monoisotopic (exact) mass is 347 g/mol. The van der Waals surface area contributed by atoms with Crippen LogP contribution in [0.5, 0.6) is 0 Å². The summed E-state index contributed by atoms with van der Waals surface area (Å²) in [5, 5.41) is 12.0. The number of aryl methyl sites for hydroxylation is 1. The van der Waals surface area contributed by atoms with E-state index < -0.39 is 0 Å². The van der Waals surface area contributed by atoms with Crippen LogP contribution in [0.4, 0.5) is 0 Å². The van der Waals surface area contributed by atoms with Crippen LogP contribution in [0.3, 0.4) is 0 Å². The van der Waals surface area contributed by atoms with E-state index in [0.29, 0.717) is 0 Å². The first-order valence-corrected chi connectivity index (χ1v) is 8.90. The number of aromatic nitrogens is 1. The fourth-order valence-electron chi connectivity index (χ4n) is 2.68. The highest BCUT2D eigenvalue weighted by Crippen LogP contribution is 2.19. The Balaban J connectivity index is 1.75. The van der Waals surface area contributed by atoms with Gasteiger partial charge in [0.25, 0.3) is 0 Å². The van der Waals surface area contributed by atoms with Gasteiger partial charge in [0.15, 0.2) is 5.76 Å². The Kier molecular flexibility index (Phi) is 4.07. The number of thiazole rings is 1. The molecular formula is C20H17N3OS. The molecule has 4 rings (SSSR count). The summed E-state index contributed by atoms with van der Waals surface area (Å²) in [7, 11) is 0. The first-order chi connectivity index (χ1) is 12.2. The quantitative estimate of drug-likeness (QED) is 0.383. The average molecular weight is 347 g/mol. The topological polar surface area (TPSA) is 42.8 Å². The van der Waals surface area contributed by atoms with E-state index in [-0.39, 0.29) is 0 Å². The van der Waals surface area contributed by atoms with Crippen molar-refractivity contribution in [1.82, 2.24) is 4.57 Å². The largest absolute Gasteiger partial charge is 0.455 e. The van der Waals surface area contributed by atoms with Crippen molar-refractivity contribution in [3.05, 3.63) is 82.3 Å². The van der Waals surface area contributed by atoms with Crippen molar-refractivity contribution in [2.45, 2.75) is 13.8 Å². The number of fused-ring (bicyclic) bond motifs is 1. The Morgan fingerprint density at radius 2 is 1.80 bits per heavy atom. The molecule has 0 aliphatic rings. The van der Waals surface area contributed by atoms with Gasteiger partial charge in [-0.1, -0.05) is 36.4 Å². The Labute approximate surface area is 149 Å². The molecule has 4 nitrogen and oxygen atoms in total. The van der Waals surface area contributed by atoms with Gasteiger partial charge in [-0.25, -0.2) is 0 Å². The first kappa shape index (κ1) is 15.6. The molecule has 0 saturated carbocycles. The van der Waals surface area contributed by atoms with Crippen LogP contribution < -0.4 is 4.80 Å². The van der Waals surface area contributed by atoms with Crippen LogP contribution in [0.2, 0.25) is 0 Å². The van der Waals surface area contributed by atoms with Gasteiger partial charge in [0.1, 0.15) is 11.3 Å². The van der Waals surface area contributed by atoms with Crippen LogP contribution in [-0.2, 0) is 0 Å². The van der Waals surface area contributed by atoms with E-state index in [4.69, 9.17) is 4.42 Å².